The summed E-state index contributed by atoms with van der Waals surface area (Å²) >= 11 is 0. The highest BCUT2D eigenvalue weighted by Gasteiger charge is 2.53. The highest BCUT2D eigenvalue weighted by molar-refractivity contribution is 5.64. The lowest BCUT2D eigenvalue weighted by Crippen LogP contribution is -2.44. The van der Waals surface area contributed by atoms with E-state index in [9.17, 15) is 15.4 Å². The zero-order valence-electron chi connectivity index (χ0n) is 20.2. The van der Waals surface area contributed by atoms with Crippen molar-refractivity contribution >= 4 is 11.4 Å². The van der Waals surface area contributed by atoms with E-state index in [1.54, 1.807) is 6.07 Å². The molecule has 1 aliphatic carbocycles. The first-order valence-electron chi connectivity index (χ1n) is 12.3. The van der Waals surface area contributed by atoms with Crippen LogP contribution in [0, 0.1) is 26.9 Å². The molecule has 1 saturated carbocycles. The Balaban J connectivity index is 1.39. The summed E-state index contributed by atoms with van der Waals surface area (Å²) in [7, 11) is 0. The summed E-state index contributed by atoms with van der Waals surface area (Å²) < 4.78 is 13.6. The van der Waals surface area contributed by atoms with Gasteiger partial charge in [0.15, 0.2) is 5.79 Å². The Bertz CT molecular complexity index is 1230. The molecule has 0 radical (unpaired) electrons. The van der Waals surface area contributed by atoms with Gasteiger partial charge < -0.3 is 14.8 Å². The largest absolute Gasteiger partial charge is 0.379 e. The van der Waals surface area contributed by atoms with Crippen LogP contribution in [0.15, 0.2) is 78.9 Å². The molecule has 0 aromatic heterocycles. The first-order valence-corrected chi connectivity index (χ1v) is 12.3. The summed E-state index contributed by atoms with van der Waals surface area (Å²) in [6, 6.07) is 26.8. The predicted molar refractivity (Wildman–Crippen MR) is 136 cm³/mol. The Morgan fingerprint density at radius 3 is 2.17 bits per heavy atom. The van der Waals surface area contributed by atoms with Gasteiger partial charge in [-0.1, -0.05) is 67.6 Å². The molecule has 0 amide bonds. The second-order valence-electron chi connectivity index (χ2n) is 10.1. The Labute approximate surface area is 210 Å². The molecule has 1 heterocycles. The molecule has 1 N–H and O–H groups in total. The first kappa shape index (κ1) is 24.0. The number of nitro groups is 1. The zero-order valence-corrected chi connectivity index (χ0v) is 20.2. The normalized spacial score (nSPS) is 27.4. The minimum absolute atomic E-state index is 0.0372. The maximum Gasteiger partial charge on any atom is 0.292 e. The molecule has 3 atom stereocenters. The van der Waals surface area contributed by atoms with Crippen LogP contribution in [-0.2, 0) is 9.47 Å². The van der Waals surface area contributed by atoms with Crippen molar-refractivity contribution in [2.75, 3.05) is 11.9 Å². The van der Waals surface area contributed by atoms with Crippen molar-refractivity contribution in [2.24, 2.45) is 5.41 Å². The lowest BCUT2D eigenvalue weighted by Gasteiger charge is -2.43. The van der Waals surface area contributed by atoms with E-state index in [2.05, 4.69) is 42.6 Å². The fraction of sp³-hybridized carbons (Fsp3) is 0.345. The van der Waals surface area contributed by atoms with Gasteiger partial charge >= 0.3 is 0 Å². The third-order valence-electron chi connectivity index (χ3n) is 7.28. The summed E-state index contributed by atoms with van der Waals surface area (Å²) in [5, 5.41) is 24.1. The molecule has 2 aliphatic rings. The van der Waals surface area contributed by atoms with E-state index in [0.717, 1.165) is 30.4 Å². The molecule has 3 aromatic carbocycles. The van der Waals surface area contributed by atoms with Crippen LogP contribution in [0.2, 0.25) is 0 Å². The van der Waals surface area contributed by atoms with Gasteiger partial charge in [-0.25, -0.2) is 0 Å². The van der Waals surface area contributed by atoms with Gasteiger partial charge in [-0.2, -0.15) is 5.26 Å². The number of nitro benzene ring substituents is 1. The van der Waals surface area contributed by atoms with E-state index in [0.29, 0.717) is 24.2 Å². The van der Waals surface area contributed by atoms with Gasteiger partial charge in [0.2, 0.25) is 0 Å². The Hall–Kier alpha value is -3.73. The van der Waals surface area contributed by atoms with Crippen molar-refractivity contribution in [1.82, 2.24) is 0 Å². The summed E-state index contributed by atoms with van der Waals surface area (Å²) in [4.78, 5) is 11.1. The van der Waals surface area contributed by atoms with Crippen molar-refractivity contribution in [1.29, 1.82) is 5.26 Å². The SMILES string of the molecule is CC1(CNc2cc(C#N)ccc2[N+](=O)[O-])CCCC2(C1)OC(c1ccccc1)C(c1ccccc1)O2. The van der Waals surface area contributed by atoms with Gasteiger partial charge in [0.05, 0.1) is 16.6 Å². The molecule has 7 nitrogen and oxygen atoms in total. The first-order chi connectivity index (χ1) is 17.4. The quantitative estimate of drug-likeness (QED) is 0.310. The summed E-state index contributed by atoms with van der Waals surface area (Å²) in [6.45, 7) is 2.67. The van der Waals surface area contributed by atoms with Crippen LogP contribution < -0.4 is 5.32 Å². The Morgan fingerprint density at radius 1 is 1.00 bits per heavy atom. The van der Waals surface area contributed by atoms with Gasteiger partial charge in [0.25, 0.3) is 5.69 Å². The van der Waals surface area contributed by atoms with Crippen LogP contribution in [0.1, 0.15) is 61.5 Å². The van der Waals surface area contributed by atoms with E-state index < -0.39 is 10.7 Å². The van der Waals surface area contributed by atoms with Crippen molar-refractivity contribution in [2.45, 2.75) is 50.6 Å². The van der Waals surface area contributed by atoms with E-state index in [1.807, 2.05) is 36.4 Å². The second kappa shape index (κ2) is 9.73. The number of benzene rings is 3. The molecule has 5 rings (SSSR count). The van der Waals surface area contributed by atoms with Crippen LogP contribution in [0.25, 0.3) is 0 Å². The summed E-state index contributed by atoms with van der Waals surface area (Å²) in [5.41, 5.74) is 2.64. The molecule has 7 heteroatoms. The fourth-order valence-electron chi connectivity index (χ4n) is 5.56. The average molecular weight is 484 g/mol. The molecule has 0 bridgehead atoms. The molecule has 2 fully saturated rings. The number of nitrogens with one attached hydrogen (secondary N) is 1. The van der Waals surface area contributed by atoms with E-state index in [4.69, 9.17) is 9.47 Å². The van der Waals surface area contributed by atoms with Crippen LogP contribution >= 0.6 is 0 Å². The summed E-state index contributed by atoms with van der Waals surface area (Å²) in [5.74, 6) is -0.740. The van der Waals surface area contributed by atoms with Crippen LogP contribution in [0.4, 0.5) is 11.4 Å². The van der Waals surface area contributed by atoms with E-state index >= 15 is 0 Å². The van der Waals surface area contributed by atoms with Gasteiger partial charge in [-0.15, -0.1) is 0 Å². The number of hydrogen-bond donors (Lipinski definition) is 1. The van der Waals surface area contributed by atoms with Crippen LogP contribution in [0.5, 0.6) is 0 Å². The van der Waals surface area contributed by atoms with Crippen LogP contribution in [-0.4, -0.2) is 17.3 Å². The molecule has 3 aromatic rings. The highest BCUT2D eigenvalue weighted by atomic mass is 16.8. The van der Waals surface area contributed by atoms with Gasteiger partial charge in [0.1, 0.15) is 17.9 Å². The maximum atomic E-state index is 11.5. The van der Waals surface area contributed by atoms with Crippen molar-refractivity contribution in [3.63, 3.8) is 0 Å². The summed E-state index contributed by atoms with van der Waals surface area (Å²) in [6.07, 6.45) is 2.85. The molecule has 3 unspecified atom stereocenters. The zero-order chi connectivity index (χ0) is 25.2. The number of rotatable bonds is 6. The lowest BCUT2D eigenvalue weighted by atomic mass is 9.72. The fourth-order valence-corrected chi connectivity index (χ4v) is 5.56. The number of nitrogens with zero attached hydrogens (tertiary/aromatic N) is 2. The molecular weight excluding hydrogens is 454 g/mol. The number of anilines is 1. The number of hydrogen-bond acceptors (Lipinski definition) is 6. The minimum Gasteiger partial charge on any atom is -0.379 e. The smallest absolute Gasteiger partial charge is 0.292 e. The standard InChI is InChI=1S/C29H29N3O4/c1-28(20-31-24-17-21(18-30)13-14-25(24)32(33)34)15-8-16-29(19-28)35-26(22-9-4-2-5-10-22)27(36-29)23-11-6-3-7-12-23/h2-7,9-14,17,26-27,31H,8,15-16,19-20H2,1H3. The number of nitriles is 1. The molecule has 36 heavy (non-hydrogen) atoms. The molecule has 184 valence electrons. The topological polar surface area (TPSA) is 97.4 Å². The van der Waals surface area contributed by atoms with Crippen molar-refractivity contribution in [3.8, 4) is 6.07 Å². The molecule has 1 saturated heterocycles. The van der Waals surface area contributed by atoms with Crippen molar-refractivity contribution in [3.05, 3.63) is 106 Å². The predicted octanol–water partition coefficient (Wildman–Crippen LogP) is 6.68. The third kappa shape index (κ3) is 4.83. The second-order valence-corrected chi connectivity index (χ2v) is 10.1. The van der Waals surface area contributed by atoms with Crippen molar-refractivity contribution < 1.29 is 14.4 Å². The van der Waals surface area contributed by atoms with Crippen LogP contribution in [0.3, 0.4) is 0 Å². The Kier molecular flexibility index (Phi) is 6.48. The minimum atomic E-state index is -0.740. The van der Waals surface area contributed by atoms with Gasteiger partial charge in [-0.05, 0) is 41.5 Å². The monoisotopic (exact) mass is 483 g/mol. The number of ether oxygens (including phenoxy) is 2. The van der Waals surface area contributed by atoms with Gasteiger partial charge in [0, 0.05) is 25.5 Å². The average Bonchev–Trinajstić information content (AvgIpc) is 3.26. The van der Waals surface area contributed by atoms with E-state index in [-0.39, 0.29) is 23.3 Å². The maximum absolute atomic E-state index is 11.5. The molecular formula is C29H29N3O4. The van der Waals surface area contributed by atoms with E-state index in [1.165, 1.54) is 12.1 Å². The molecule has 1 spiro atoms. The lowest BCUT2D eigenvalue weighted by molar-refractivity contribution is -0.384. The third-order valence-corrected chi connectivity index (χ3v) is 7.28. The molecule has 1 aliphatic heterocycles. The highest BCUT2D eigenvalue weighted by Crippen LogP contribution is 2.55. The van der Waals surface area contributed by atoms with Gasteiger partial charge in [-0.3, -0.25) is 10.1 Å². The Morgan fingerprint density at radius 2 is 1.61 bits per heavy atom.